The number of hydrogen-bond donors (Lipinski definition) is 0. The lowest BCUT2D eigenvalue weighted by Crippen LogP contribution is -2.00. The first-order chi connectivity index (χ1) is 26.7. The molecule has 0 saturated heterocycles. The van der Waals surface area contributed by atoms with E-state index in [9.17, 15) is 0 Å². The van der Waals surface area contributed by atoms with Gasteiger partial charge in [-0.3, -0.25) is 0 Å². The highest BCUT2D eigenvalue weighted by atomic mass is 15.0. The Labute approximate surface area is 313 Å². The second-order valence-corrected chi connectivity index (χ2v) is 13.7. The minimum absolute atomic E-state index is 0.656. The fourth-order valence-electron chi connectivity index (χ4n) is 7.35. The number of rotatable bonds is 6. The van der Waals surface area contributed by atoms with E-state index in [1.54, 1.807) is 0 Å². The van der Waals surface area contributed by atoms with Crippen molar-refractivity contribution in [1.29, 1.82) is 0 Å². The Hall–Kier alpha value is -7.23. The molecule has 0 spiro atoms. The molecule has 0 aliphatic rings. The molecule has 0 radical (unpaired) electrons. The highest BCUT2D eigenvalue weighted by molar-refractivity contribution is 5.95. The molecule has 0 aliphatic heterocycles. The topological polar surface area (TPSA) is 38.7 Å². The van der Waals surface area contributed by atoms with E-state index in [0.29, 0.717) is 17.5 Å². The van der Waals surface area contributed by atoms with Crippen LogP contribution >= 0.6 is 0 Å². The molecule has 0 N–H and O–H groups in total. The summed E-state index contributed by atoms with van der Waals surface area (Å²) in [5.41, 5.74) is 10.1. The van der Waals surface area contributed by atoms with Crippen LogP contribution in [-0.4, -0.2) is 15.0 Å². The van der Waals surface area contributed by atoms with Crippen LogP contribution in [0, 0.1) is 0 Å². The fraction of sp³-hybridized carbons (Fsp3) is 0. The Balaban J connectivity index is 0.946. The molecule has 0 fully saturated rings. The first kappa shape index (κ1) is 31.5. The molecule has 0 aliphatic carbocycles. The third-order valence-electron chi connectivity index (χ3n) is 10.3. The number of benzene rings is 9. The molecule has 54 heavy (non-hydrogen) atoms. The Morgan fingerprint density at radius 3 is 0.944 bits per heavy atom. The molecule has 9 aromatic carbocycles. The van der Waals surface area contributed by atoms with Gasteiger partial charge in [0.1, 0.15) is 0 Å². The highest BCUT2D eigenvalue weighted by Gasteiger charge is 2.13. The molecule has 1 aromatic heterocycles. The van der Waals surface area contributed by atoms with Crippen molar-refractivity contribution in [1.82, 2.24) is 15.0 Å². The number of aromatic nitrogens is 3. The van der Waals surface area contributed by atoms with Crippen molar-refractivity contribution in [2.24, 2.45) is 0 Å². The van der Waals surface area contributed by atoms with Crippen molar-refractivity contribution < 1.29 is 0 Å². The van der Waals surface area contributed by atoms with Crippen molar-refractivity contribution in [3.63, 3.8) is 0 Å². The van der Waals surface area contributed by atoms with Gasteiger partial charge in [0.15, 0.2) is 17.5 Å². The summed E-state index contributed by atoms with van der Waals surface area (Å²) in [6.45, 7) is 0. The van der Waals surface area contributed by atoms with Gasteiger partial charge >= 0.3 is 0 Å². The SMILES string of the molecule is c1ccc(-c2nc(-c3ccccc3)nc(-c3ccc4cc(-c5ccc6cc(-c7cccc(-c8ccc9ccccc9c8)c7)ccc6c5)ccc4c3)n2)cc1. The lowest BCUT2D eigenvalue weighted by Gasteiger charge is -2.11. The van der Waals surface area contributed by atoms with Crippen molar-refractivity contribution >= 4 is 32.3 Å². The van der Waals surface area contributed by atoms with Crippen LogP contribution in [0.3, 0.4) is 0 Å². The molecule has 252 valence electrons. The van der Waals surface area contributed by atoms with E-state index in [1.165, 1.54) is 60.3 Å². The first-order valence-electron chi connectivity index (χ1n) is 18.3. The van der Waals surface area contributed by atoms with Gasteiger partial charge in [0.05, 0.1) is 0 Å². The minimum Gasteiger partial charge on any atom is -0.208 e. The molecular weight excluding hydrogens is 655 g/mol. The van der Waals surface area contributed by atoms with Crippen LogP contribution in [0.2, 0.25) is 0 Å². The van der Waals surface area contributed by atoms with Gasteiger partial charge in [0.2, 0.25) is 0 Å². The van der Waals surface area contributed by atoms with Crippen LogP contribution < -0.4 is 0 Å². The third kappa shape index (κ3) is 6.08. The molecule has 0 amide bonds. The standard InChI is InChI=1S/C51H33N3/c1-3-11-35(12-4-1)49-52-50(36-13-5-2-6-14-36)54-51(53-49)48-27-26-46-32-45(24-25-47(46)33-48)44-23-22-42-30-41(20-21-43(42)31-44)39-17-9-16-38(29-39)40-19-18-34-10-7-8-15-37(34)28-40/h1-33H. The van der Waals surface area contributed by atoms with Crippen LogP contribution in [0.1, 0.15) is 0 Å². The van der Waals surface area contributed by atoms with E-state index in [0.717, 1.165) is 22.1 Å². The number of fused-ring (bicyclic) bond motifs is 3. The average molecular weight is 688 g/mol. The van der Waals surface area contributed by atoms with Crippen molar-refractivity contribution in [3.05, 3.63) is 200 Å². The summed E-state index contributed by atoms with van der Waals surface area (Å²) >= 11 is 0. The van der Waals surface area contributed by atoms with Crippen LogP contribution in [0.15, 0.2) is 200 Å². The number of hydrogen-bond acceptors (Lipinski definition) is 3. The maximum absolute atomic E-state index is 4.93. The Kier molecular flexibility index (Phi) is 7.81. The van der Waals surface area contributed by atoms with E-state index in [-0.39, 0.29) is 0 Å². The van der Waals surface area contributed by atoms with E-state index in [4.69, 9.17) is 15.0 Å². The predicted molar refractivity (Wildman–Crippen MR) is 225 cm³/mol. The van der Waals surface area contributed by atoms with E-state index in [2.05, 4.69) is 140 Å². The van der Waals surface area contributed by atoms with Crippen molar-refractivity contribution in [2.45, 2.75) is 0 Å². The molecule has 3 nitrogen and oxygen atoms in total. The van der Waals surface area contributed by atoms with Gasteiger partial charge in [0.25, 0.3) is 0 Å². The molecule has 1 heterocycles. The lowest BCUT2D eigenvalue weighted by molar-refractivity contribution is 1.07. The Morgan fingerprint density at radius 2 is 0.481 bits per heavy atom. The maximum Gasteiger partial charge on any atom is 0.164 e. The van der Waals surface area contributed by atoms with E-state index >= 15 is 0 Å². The van der Waals surface area contributed by atoms with Gasteiger partial charge in [-0.05, 0) is 102 Å². The second kappa shape index (κ2) is 13.4. The summed E-state index contributed by atoms with van der Waals surface area (Å²) < 4.78 is 0. The van der Waals surface area contributed by atoms with Crippen LogP contribution in [-0.2, 0) is 0 Å². The lowest BCUT2D eigenvalue weighted by atomic mass is 9.94. The van der Waals surface area contributed by atoms with Gasteiger partial charge in [-0.25, -0.2) is 15.0 Å². The summed E-state index contributed by atoms with van der Waals surface area (Å²) in [5.74, 6) is 1.98. The summed E-state index contributed by atoms with van der Waals surface area (Å²) in [5, 5.41) is 7.26. The largest absolute Gasteiger partial charge is 0.208 e. The summed E-state index contributed by atoms with van der Waals surface area (Å²) in [6.07, 6.45) is 0. The summed E-state index contributed by atoms with van der Waals surface area (Å²) in [7, 11) is 0. The van der Waals surface area contributed by atoms with Crippen LogP contribution in [0.25, 0.3) is 99.9 Å². The zero-order chi connectivity index (χ0) is 35.8. The van der Waals surface area contributed by atoms with Crippen molar-refractivity contribution in [2.75, 3.05) is 0 Å². The van der Waals surface area contributed by atoms with Gasteiger partial charge in [0, 0.05) is 16.7 Å². The predicted octanol–water partition coefficient (Wildman–Crippen LogP) is 13.3. The van der Waals surface area contributed by atoms with Gasteiger partial charge < -0.3 is 0 Å². The highest BCUT2D eigenvalue weighted by Crippen LogP contribution is 2.34. The molecule has 0 atom stereocenters. The molecule has 0 saturated carbocycles. The van der Waals surface area contributed by atoms with Gasteiger partial charge in [-0.1, -0.05) is 164 Å². The van der Waals surface area contributed by atoms with E-state index in [1.807, 2.05) is 60.7 Å². The average Bonchev–Trinajstić information content (AvgIpc) is 3.26. The van der Waals surface area contributed by atoms with Crippen LogP contribution in [0.5, 0.6) is 0 Å². The molecule has 3 heteroatoms. The molecule has 10 rings (SSSR count). The molecule has 0 bridgehead atoms. The first-order valence-corrected chi connectivity index (χ1v) is 18.3. The summed E-state index contributed by atoms with van der Waals surface area (Å²) in [6, 6.07) is 70.9. The smallest absolute Gasteiger partial charge is 0.164 e. The minimum atomic E-state index is 0.656. The molecule has 0 unspecified atom stereocenters. The zero-order valence-corrected chi connectivity index (χ0v) is 29.4. The van der Waals surface area contributed by atoms with E-state index < -0.39 is 0 Å². The zero-order valence-electron chi connectivity index (χ0n) is 29.4. The normalized spacial score (nSPS) is 11.3. The van der Waals surface area contributed by atoms with Gasteiger partial charge in [-0.15, -0.1) is 0 Å². The van der Waals surface area contributed by atoms with Gasteiger partial charge in [-0.2, -0.15) is 0 Å². The van der Waals surface area contributed by atoms with Crippen LogP contribution in [0.4, 0.5) is 0 Å². The Bertz CT molecular complexity index is 2930. The van der Waals surface area contributed by atoms with Crippen molar-refractivity contribution in [3.8, 4) is 67.5 Å². The Morgan fingerprint density at radius 1 is 0.185 bits per heavy atom. The number of nitrogens with zero attached hydrogens (tertiary/aromatic N) is 3. The molecular formula is C51H33N3. The fourth-order valence-corrected chi connectivity index (χ4v) is 7.35. The summed E-state index contributed by atoms with van der Waals surface area (Å²) in [4.78, 5) is 14.7. The second-order valence-electron chi connectivity index (χ2n) is 13.7. The third-order valence-corrected chi connectivity index (χ3v) is 10.3. The maximum atomic E-state index is 4.93. The monoisotopic (exact) mass is 687 g/mol. The molecule has 10 aromatic rings. The quantitative estimate of drug-likeness (QED) is 0.175.